The molecule has 1 fully saturated rings. The zero-order valence-corrected chi connectivity index (χ0v) is 11.3. The molecule has 0 bridgehead atoms. The van der Waals surface area contributed by atoms with Gasteiger partial charge in [-0.2, -0.15) is 4.98 Å². The zero-order valence-electron chi connectivity index (χ0n) is 11.3. The fourth-order valence-electron chi connectivity index (χ4n) is 2.62. The highest BCUT2D eigenvalue weighted by atomic mass is 16.5. The molecule has 0 saturated heterocycles. The van der Waals surface area contributed by atoms with E-state index in [0.29, 0.717) is 12.4 Å². The van der Waals surface area contributed by atoms with Gasteiger partial charge in [-0.1, -0.05) is 24.9 Å². The Morgan fingerprint density at radius 2 is 2.17 bits per heavy atom. The molecule has 102 valence electrons. The van der Waals surface area contributed by atoms with Gasteiger partial charge in [0.1, 0.15) is 0 Å². The van der Waals surface area contributed by atoms with Gasteiger partial charge in [0.15, 0.2) is 5.82 Å². The van der Waals surface area contributed by atoms with Crippen LogP contribution in [0.15, 0.2) is 4.52 Å². The summed E-state index contributed by atoms with van der Waals surface area (Å²) in [5.41, 5.74) is 0. The minimum atomic E-state index is -0.217. The predicted molar refractivity (Wildman–Crippen MR) is 68.0 cm³/mol. The van der Waals surface area contributed by atoms with Gasteiger partial charge in [-0.25, -0.2) is 0 Å². The lowest BCUT2D eigenvalue weighted by Crippen LogP contribution is -2.43. The molecule has 1 aromatic rings. The van der Waals surface area contributed by atoms with Crippen LogP contribution in [0.4, 0.5) is 0 Å². The maximum Gasteiger partial charge on any atom is 0.226 e. The first-order valence-corrected chi connectivity index (χ1v) is 6.90. The van der Waals surface area contributed by atoms with Crippen molar-refractivity contribution in [3.63, 3.8) is 0 Å². The topological polar surface area (TPSA) is 62.4 Å². The third-order valence-corrected chi connectivity index (χ3v) is 3.62. The first-order valence-electron chi connectivity index (χ1n) is 6.90. The lowest BCUT2D eigenvalue weighted by atomic mass is 9.91. The molecule has 0 amide bonds. The van der Waals surface area contributed by atoms with Crippen LogP contribution in [0.1, 0.15) is 50.7 Å². The Morgan fingerprint density at radius 1 is 1.39 bits per heavy atom. The van der Waals surface area contributed by atoms with E-state index < -0.39 is 0 Å². The molecule has 2 rings (SSSR count). The summed E-state index contributed by atoms with van der Waals surface area (Å²) < 4.78 is 5.17. The van der Waals surface area contributed by atoms with Gasteiger partial charge in [-0.3, -0.25) is 4.90 Å². The Hall–Kier alpha value is -0.940. The van der Waals surface area contributed by atoms with Crippen molar-refractivity contribution < 1.29 is 9.63 Å². The van der Waals surface area contributed by atoms with Crippen LogP contribution < -0.4 is 0 Å². The van der Waals surface area contributed by atoms with E-state index in [0.717, 1.165) is 37.9 Å². The minimum absolute atomic E-state index is 0.217. The number of hydrogen-bond acceptors (Lipinski definition) is 5. The summed E-state index contributed by atoms with van der Waals surface area (Å²) in [5, 5.41) is 14.0. The Morgan fingerprint density at radius 3 is 2.89 bits per heavy atom. The van der Waals surface area contributed by atoms with Gasteiger partial charge in [0.25, 0.3) is 0 Å². The number of aryl methyl sites for hydroxylation is 1. The van der Waals surface area contributed by atoms with E-state index in [1.165, 1.54) is 6.42 Å². The van der Waals surface area contributed by atoms with Crippen LogP contribution in [-0.4, -0.2) is 39.3 Å². The van der Waals surface area contributed by atoms with E-state index in [9.17, 15) is 5.11 Å². The highest BCUT2D eigenvalue weighted by Crippen LogP contribution is 2.23. The maximum atomic E-state index is 10.0. The third-order valence-electron chi connectivity index (χ3n) is 3.62. The molecule has 1 saturated carbocycles. The number of nitrogens with zero attached hydrogens (tertiary/aromatic N) is 3. The molecule has 2 atom stereocenters. The Balaban J connectivity index is 1.90. The van der Waals surface area contributed by atoms with Gasteiger partial charge in [-0.15, -0.1) is 0 Å². The van der Waals surface area contributed by atoms with E-state index in [4.69, 9.17) is 4.52 Å². The number of likely N-dealkylation sites (N-methyl/N-ethyl adjacent to an activating group) is 1. The summed E-state index contributed by atoms with van der Waals surface area (Å²) in [4.78, 5) is 6.50. The lowest BCUT2D eigenvalue weighted by molar-refractivity contribution is 0.0275. The van der Waals surface area contributed by atoms with Crippen LogP contribution in [0.2, 0.25) is 0 Å². The van der Waals surface area contributed by atoms with Gasteiger partial charge >= 0.3 is 0 Å². The molecule has 1 aliphatic rings. The molecule has 0 spiro atoms. The highest BCUT2D eigenvalue weighted by Gasteiger charge is 2.27. The van der Waals surface area contributed by atoms with Gasteiger partial charge in [-0.05, 0) is 26.3 Å². The number of rotatable bonds is 5. The van der Waals surface area contributed by atoms with Crippen LogP contribution in [0, 0.1) is 0 Å². The number of aromatic nitrogens is 2. The Bertz CT molecular complexity index is 367. The molecule has 1 N–H and O–H groups in total. The van der Waals surface area contributed by atoms with Crippen LogP contribution in [-0.2, 0) is 13.0 Å². The monoisotopic (exact) mass is 253 g/mol. The predicted octanol–water partition coefficient (Wildman–Crippen LogP) is 1.76. The smallest absolute Gasteiger partial charge is 0.226 e. The Kier molecular flexibility index (Phi) is 4.72. The second-order valence-electron chi connectivity index (χ2n) is 5.19. The summed E-state index contributed by atoms with van der Waals surface area (Å²) in [6, 6.07) is 0.229. The van der Waals surface area contributed by atoms with Crippen molar-refractivity contribution >= 4 is 0 Å². The van der Waals surface area contributed by atoms with E-state index in [1.807, 2.05) is 7.05 Å². The average molecular weight is 253 g/mol. The molecule has 1 heterocycles. The molecule has 2 unspecified atom stereocenters. The molecule has 1 aromatic heterocycles. The molecule has 1 aliphatic carbocycles. The SMILES string of the molecule is CCCc1nc(CN(C)C2CCCCC2O)no1. The van der Waals surface area contributed by atoms with Crippen LogP contribution in [0.25, 0.3) is 0 Å². The normalized spacial score (nSPS) is 24.7. The van der Waals surface area contributed by atoms with Crippen LogP contribution >= 0.6 is 0 Å². The van der Waals surface area contributed by atoms with Crippen molar-refractivity contribution in [1.82, 2.24) is 15.0 Å². The molecule has 0 radical (unpaired) electrons. The van der Waals surface area contributed by atoms with E-state index in [-0.39, 0.29) is 12.1 Å². The van der Waals surface area contributed by atoms with Gasteiger partial charge < -0.3 is 9.63 Å². The third kappa shape index (κ3) is 3.29. The van der Waals surface area contributed by atoms with Crippen molar-refractivity contribution in [2.45, 2.75) is 64.1 Å². The second kappa shape index (κ2) is 6.29. The Labute approximate surface area is 108 Å². The second-order valence-corrected chi connectivity index (χ2v) is 5.19. The van der Waals surface area contributed by atoms with Crippen molar-refractivity contribution in [2.24, 2.45) is 0 Å². The summed E-state index contributed by atoms with van der Waals surface area (Å²) in [6.07, 6.45) is 5.92. The summed E-state index contributed by atoms with van der Waals surface area (Å²) in [7, 11) is 2.02. The first-order chi connectivity index (χ1) is 8.70. The molecule has 0 aromatic carbocycles. The van der Waals surface area contributed by atoms with Crippen molar-refractivity contribution in [3.8, 4) is 0 Å². The number of hydrogen-bond donors (Lipinski definition) is 1. The summed E-state index contributed by atoms with van der Waals surface area (Å²) in [5.74, 6) is 1.43. The maximum absolute atomic E-state index is 10.0. The average Bonchev–Trinajstić information content (AvgIpc) is 2.77. The van der Waals surface area contributed by atoms with E-state index >= 15 is 0 Å². The largest absolute Gasteiger partial charge is 0.391 e. The zero-order chi connectivity index (χ0) is 13.0. The van der Waals surface area contributed by atoms with Crippen LogP contribution in [0.5, 0.6) is 0 Å². The van der Waals surface area contributed by atoms with Gasteiger partial charge in [0.05, 0.1) is 12.6 Å². The standard InChI is InChI=1S/C13H23N3O2/c1-3-6-13-14-12(15-18-13)9-16(2)10-7-4-5-8-11(10)17/h10-11,17H,3-9H2,1-2H3. The number of aliphatic hydroxyl groups excluding tert-OH is 1. The van der Waals surface area contributed by atoms with Crippen molar-refractivity contribution in [3.05, 3.63) is 11.7 Å². The highest BCUT2D eigenvalue weighted by molar-refractivity contribution is 4.89. The number of aliphatic hydroxyl groups is 1. The summed E-state index contributed by atoms with van der Waals surface area (Å²) >= 11 is 0. The van der Waals surface area contributed by atoms with Gasteiger partial charge in [0.2, 0.25) is 5.89 Å². The molecular formula is C13H23N3O2. The van der Waals surface area contributed by atoms with Crippen molar-refractivity contribution in [2.75, 3.05) is 7.05 Å². The fraction of sp³-hybridized carbons (Fsp3) is 0.846. The fourth-order valence-corrected chi connectivity index (χ4v) is 2.62. The van der Waals surface area contributed by atoms with Gasteiger partial charge in [0, 0.05) is 12.5 Å². The molecular weight excluding hydrogens is 230 g/mol. The molecule has 5 nitrogen and oxygen atoms in total. The lowest BCUT2D eigenvalue weighted by Gasteiger charge is -2.34. The first kappa shape index (κ1) is 13.5. The molecule has 18 heavy (non-hydrogen) atoms. The van der Waals surface area contributed by atoms with E-state index in [1.54, 1.807) is 0 Å². The minimum Gasteiger partial charge on any atom is -0.391 e. The quantitative estimate of drug-likeness (QED) is 0.866. The molecule has 5 heteroatoms. The van der Waals surface area contributed by atoms with Crippen LogP contribution in [0.3, 0.4) is 0 Å². The molecule has 0 aliphatic heterocycles. The van der Waals surface area contributed by atoms with E-state index in [2.05, 4.69) is 22.0 Å². The van der Waals surface area contributed by atoms with Crippen molar-refractivity contribution in [1.29, 1.82) is 0 Å². The summed E-state index contributed by atoms with van der Waals surface area (Å²) in [6.45, 7) is 2.74.